The Kier molecular flexibility index (Phi) is 4.47. The van der Waals surface area contributed by atoms with Crippen molar-refractivity contribution in [2.24, 2.45) is 7.05 Å². The standard InChI is InChI=1S/C20H23NO3/c1-4-5-6-10-14-17(24-3)12-16(22)18-19(14)21(2)15-11-8-7-9-13(15)20(18)23/h7-9,11-12,22H,4-6,10H2,1-3H3. The summed E-state index contributed by atoms with van der Waals surface area (Å²) in [4.78, 5) is 12.9. The van der Waals surface area contributed by atoms with E-state index in [2.05, 4.69) is 6.92 Å². The molecule has 0 fully saturated rings. The van der Waals surface area contributed by atoms with Gasteiger partial charge in [0.15, 0.2) is 0 Å². The van der Waals surface area contributed by atoms with Gasteiger partial charge in [-0.05, 0) is 25.0 Å². The predicted molar refractivity (Wildman–Crippen MR) is 98.1 cm³/mol. The van der Waals surface area contributed by atoms with Gasteiger partial charge in [-0.1, -0.05) is 31.9 Å². The molecule has 0 amide bonds. The van der Waals surface area contributed by atoms with E-state index in [0.29, 0.717) is 16.5 Å². The van der Waals surface area contributed by atoms with Crippen LogP contribution >= 0.6 is 0 Å². The summed E-state index contributed by atoms with van der Waals surface area (Å²) >= 11 is 0. The van der Waals surface area contributed by atoms with Gasteiger partial charge in [-0.3, -0.25) is 4.79 Å². The number of nitrogens with zero attached hydrogens (tertiary/aromatic N) is 1. The summed E-state index contributed by atoms with van der Waals surface area (Å²) in [5.41, 5.74) is 2.49. The molecule has 0 bridgehead atoms. The molecule has 3 aromatic rings. The maximum absolute atomic E-state index is 12.9. The first-order valence-corrected chi connectivity index (χ1v) is 8.40. The third kappa shape index (κ3) is 2.52. The largest absolute Gasteiger partial charge is 0.507 e. The van der Waals surface area contributed by atoms with Crippen LogP contribution in [0.5, 0.6) is 11.5 Å². The van der Waals surface area contributed by atoms with Crippen molar-refractivity contribution in [3.05, 3.63) is 46.1 Å². The number of phenolic OH excluding ortho intramolecular Hbond substituents is 1. The minimum atomic E-state index is -0.129. The fourth-order valence-corrected chi connectivity index (χ4v) is 3.46. The Morgan fingerprint density at radius 1 is 1.21 bits per heavy atom. The number of aromatic nitrogens is 1. The summed E-state index contributed by atoms with van der Waals surface area (Å²) in [6.45, 7) is 2.16. The second-order valence-electron chi connectivity index (χ2n) is 6.16. The molecule has 0 radical (unpaired) electrons. The fraction of sp³-hybridized carbons (Fsp3) is 0.350. The van der Waals surface area contributed by atoms with Gasteiger partial charge >= 0.3 is 0 Å². The van der Waals surface area contributed by atoms with Crippen molar-refractivity contribution < 1.29 is 9.84 Å². The van der Waals surface area contributed by atoms with Crippen LogP contribution in [0.25, 0.3) is 21.8 Å². The molecule has 0 saturated heterocycles. The number of unbranched alkanes of at least 4 members (excludes halogenated alkanes) is 2. The number of rotatable bonds is 5. The number of phenols is 1. The Bertz CT molecular complexity index is 957. The number of pyridine rings is 1. The minimum Gasteiger partial charge on any atom is -0.507 e. The van der Waals surface area contributed by atoms with Crippen molar-refractivity contribution in [3.63, 3.8) is 0 Å². The van der Waals surface area contributed by atoms with E-state index in [4.69, 9.17) is 4.74 Å². The lowest BCUT2D eigenvalue weighted by Gasteiger charge is -2.18. The quantitative estimate of drug-likeness (QED) is 0.566. The van der Waals surface area contributed by atoms with Crippen LogP contribution in [0.3, 0.4) is 0 Å². The van der Waals surface area contributed by atoms with Crippen molar-refractivity contribution >= 4 is 21.8 Å². The van der Waals surface area contributed by atoms with Crippen molar-refractivity contribution in [2.45, 2.75) is 32.6 Å². The Morgan fingerprint density at radius 2 is 1.96 bits per heavy atom. The van der Waals surface area contributed by atoms with E-state index < -0.39 is 0 Å². The molecule has 126 valence electrons. The molecule has 0 aliphatic rings. The molecular formula is C20H23NO3. The van der Waals surface area contributed by atoms with Crippen LogP contribution in [0.15, 0.2) is 35.1 Å². The maximum Gasteiger partial charge on any atom is 0.200 e. The molecule has 0 aliphatic heterocycles. The highest BCUT2D eigenvalue weighted by Crippen LogP contribution is 2.35. The number of hydrogen-bond donors (Lipinski definition) is 1. The molecule has 0 unspecified atom stereocenters. The summed E-state index contributed by atoms with van der Waals surface area (Å²) in [5.74, 6) is 0.619. The Labute approximate surface area is 141 Å². The number of aromatic hydroxyl groups is 1. The molecule has 0 saturated carbocycles. The first-order valence-electron chi connectivity index (χ1n) is 8.40. The molecular weight excluding hydrogens is 302 g/mol. The molecule has 4 nitrogen and oxygen atoms in total. The molecule has 24 heavy (non-hydrogen) atoms. The second kappa shape index (κ2) is 6.56. The monoisotopic (exact) mass is 325 g/mol. The average Bonchev–Trinajstić information content (AvgIpc) is 2.60. The first kappa shape index (κ1) is 16.4. The van der Waals surface area contributed by atoms with Gasteiger partial charge in [-0.25, -0.2) is 0 Å². The highest BCUT2D eigenvalue weighted by molar-refractivity contribution is 5.99. The van der Waals surface area contributed by atoms with Gasteiger partial charge in [-0.2, -0.15) is 0 Å². The third-order valence-corrected chi connectivity index (χ3v) is 4.67. The van der Waals surface area contributed by atoms with Gasteiger partial charge in [0.05, 0.1) is 23.5 Å². The lowest BCUT2D eigenvalue weighted by molar-refractivity contribution is 0.403. The SMILES string of the molecule is CCCCCc1c(OC)cc(O)c2c(=O)c3ccccc3n(C)c12. The highest BCUT2D eigenvalue weighted by atomic mass is 16.5. The van der Waals surface area contributed by atoms with Gasteiger partial charge in [0.2, 0.25) is 5.43 Å². The van der Waals surface area contributed by atoms with E-state index in [1.54, 1.807) is 19.2 Å². The van der Waals surface area contributed by atoms with Crippen LogP contribution in [-0.2, 0) is 13.5 Å². The average molecular weight is 325 g/mol. The normalized spacial score (nSPS) is 11.3. The van der Waals surface area contributed by atoms with Crippen molar-refractivity contribution in [1.29, 1.82) is 0 Å². The van der Waals surface area contributed by atoms with Crippen LogP contribution in [0.2, 0.25) is 0 Å². The molecule has 4 heteroatoms. The van der Waals surface area contributed by atoms with Gasteiger partial charge in [0, 0.05) is 24.1 Å². The maximum atomic E-state index is 12.9. The van der Waals surface area contributed by atoms with E-state index in [9.17, 15) is 9.90 Å². The molecule has 1 aromatic heterocycles. The Hall–Kier alpha value is -2.49. The second-order valence-corrected chi connectivity index (χ2v) is 6.16. The van der Waals surface area contributed by atoms with Crippen LogP contribution in [-0.4, -0.2) is 16.8 Å². The molecule has 0 atom stereocenters. The zero-order valence-corrected chi connectivity index (χ0v) is 14.4. The third-order valence-electron chi connectivity index (χ3n) is 4.67. The Balaban J connectivity index is 2.43. The molecule has 2 aromatic carbocycles. The lowest BCUT2D eigenvalue weighted by Crippen LogP contribution is -2.12. The van der Waals surface area contributed by atoms with E-state index >= 15 is 0 Å². The van der Waals surface area contributed by atoms with E-state index in [1.807, 2.05) is 29.8 Å². The predicted octanol–water partition coefficient (Wildman–Crippen LogP) is 4.14. The number of ether oxygens (including phenoxy) is 1. The topological polar surface area (TPSA) is 51.5 Å². The lowest BCUT2D eigenvalue weighted by atomic mass is 9.99. The van der Waals surface area contributed by atoms with E-state index in [-0.39, 0.29) is 11.2 Å². The van der Waals surface area contributed by atoms with Crippen LogP contribution in [0.1, 0.15) is 31.7 Å². The van der Waals surface area contributed by atoms with Gasteiger partial charge in [0.25, 0.3) is 0 Å². The molecule has 3 rings (SSSR count). The van der Waals surface area contributed by atoms with Crippen LogP contribution in [0.4, 0.5) is 0 Å². The number of benzene rings is 2. The van der Waals surface area contributed by atoms with Crippen molar-refractivity contribution in [2.75, 3.05) is 7.11 Å². The molecule has 1 N–H and O–H groups in total. The summed E-state index contributed by atoms with van der Waals surface area (Å²) in [5, 5.41) is 11.4. The van der Waals surface area contributed by atoms with Crippen LogP contribution in [0, 0.1) is 0 Å². The van der Waals surface area contributed by atoms with Gasteiger partial charge in [-0.15, -0.1) is 0 Å². The molecule has 1 heterocycles. The Morgan fingerprint density at radius 3 is 2.67 bits per heavy atom. The van der Waals surface area contributed by atoms with Crippen molar-refractivity contribution in [3.8, 4) is 11.5 Å². The number of methoxy groups -OCH3 is 1. The molecule has 0 aliphatic carbocycles. The number of hydrogen-bond acceptors (Lipinski definition) is 3. The first-order chi connectivity index (χ1) is 11.6. The fourth-order valence-electron chi connectivity index (χ4n) is 3.46. The zero-order chi connectivity index (χ0) is 17.3. The van der Waals surface area contributed by atoms with E-state index in [1.165, 1.54) is 0 Å². The van der Waals surface area contributed by atoms with Crippen LogP contribution < -0.4 is 10.2 Å². The highest BCUT2D eigenvalue weighted by Gasteiger charge is 2.19. The van der Waals surface area contributed by atoms with Gasteiger partial charge in [0.1, 0.15) is 11.5 Å². The number of fused-ring (bicyclic) bond motifs is 2. The summed E-state index contributed by atoms with van der Waals surface area (Å²) in [6.07, 6.45) is 4.08. The molecule has 0 spiro atoms. The summed E-state index contributed by atoms with van der Waals surface area (Å²) < 4.78 is 7.49. The number of aryl methyl sites for hydroxylation is 2. The van der Waals surface area contributed by atoms with Crippen molar-refractivity contribution in [1.82, 2.24) is 4.57 Å². The minimum absolute atomic E-state index is 0.0209. The van der Waals surface area contributed by atoms with E-state index in [0.717, 1.165) is 42.3 Å². The smallest absolute Gasteiger partial charge is 0.200 e. The summed E-state index contributed by atoms with van der Waals surface area (Å²) in [6, 6.07) is 9.07. The van der Waals surface area contributed by atoms with Gasteiger partial charge < -0.3 is 14.4 Å². The summed E-state index contributed by atoms with van der Waals surface area (Å²) in [7, 11) is 3.54. The number of para-hydroxylation sites is 1. The zero-order valence-electron chi connectivity index (χ0n) is 14.4.